The zero-order chi connectivity index (χ0) is 22.4. The van der Waals surface area contributed by atoms with Crippen molar-refractivity contribution in [1.29, 1.82) is 0 Å². The highest BCUT2D eigenvalue weighted by atomic mass is 32.2. The fourth-order valence-electron chi connectivity index (χ4n) is 3.08. The maximum absolute atomic E-state index is 13.3. The molecule has 172 valence electrons. The minimum Gasteiger partial charge on any atom is -0.378 e. The summed E-state index contributed by atoms with van der Waals surface area (Å²) in [5, 5.41) is 13.8. The highest BCUT2D eigenvalue weighted by Crippen LogP contribution is 2.32. The number of carbonyl (C=O) groups is 1. The maximum Gasteiger partial charge on any atom is 0.406 e. The number of alkyl halides is 3. The van der Waals surface area contributed by atoms with E-state index >= 15 is 0 Å². The van der Waals surface area contributed by atoms with Gasteiger partial charge in [0.15, 0.2) is 11.0 Å². The van der Waals surface area contributed by atoms with Crippen molar-refractivity contribution in [3.63, 3.8) is 0 Å². The summed E-state index contributed by atoms with van der Waals surface area (Å²) in [5.74, 6) is 0.551. The lowest BCUT2D eigenvalue weighted by Gasteiger charge is -2.28. The summed E-state index contributed by atoms with van der Waals surface area (Å²) in [5.41, 5.74) is 0. The summed E-state index contributed by atoms with van der Waals surface area (Å²) in [7, 11) is 0. The van der Waals surface area contributed by atoms with Gasteiger partial charge in [-0.1, -0.05) is 36.7 Å². The van der Waals surface area contributed by atoms with Crippen molar-refractivity contribution in [3.05, 3.63) is 11.8 Å². The highest BCUT2D eigenvalue weighted by molar-refractivity contribution is 8.00. The van der Waals surface area contributed by atoms with Gasteiger partial charge in [-0.05, 0) is 13.3 Å². The Hall–Kier alpha value is -2.28. The van der Waals surface area contributed by atoms with Crippen molar-refractivity contribution >= 4 is 29.4 Å². The molecular weight excluding hydrogens is 437 g/mol. The Morgan fingerprint density at radius 1 is 1.32 bits per heavy atom. The van der Waals surface area contributed by atoms with Crippen LogP contribution in [0.2, 0.25) is 0 Å². The van der Waals surface area contributed by atoms with Crippen molar-refractivity contribution in [2.75, 3.05) is 36.5 Å². The summed E-state index contributed by atoms with van der Waals surface area (Å²) in [4.78, 5) is 14.5. The van der Waals surface area contributed by atoms with E-state index in [9.17, 15) is 18.0 Å². The molecule has 9 nitrogen and oxygen atoms in total. The van der Waals surface area contributed by atoms with Gasteiger partial charge in [-0.2, -0.15) is 13.2 Å². The van der Waals surface area contributed by atoms with E-state index in [2.05, 4.69) is 20.7 Å². The van der Waals surface area contributed by atoms with E-state index in [1.807, 2.05) is 6.92 Å². The molecule has 13 heteroatoms. The number of nitrogens with one attached hydrogen (secondary N) is 1. The molecule has 2 aromatic heterocycles. The van der Waals surface area contributed by atoms with Crippen molar-refractivity contribution in [2.45, 2.75) is 56.2 Å². The number of ether oxygens (including phenoxy) is 1. The molecule has 0 bridgehead atoms. The van der Waals surface area contributed by atoms with E-state index in [4.69, 9.17) is 9.26 Å². The Bertz CT molecular complexity index is 866. The van der Waals surface area contributed by atoms with Gasteiger partial charge in [0.05, 0.1) is 18.5 Å². The molecule has 3 rings (SSSR count). The lowest BCUT2D eigenvalue weighted by atomic mass is 10.2. The fraction of sp³-hybridized carbons (Fsp3) is 0.667. The lowest BCUT2D eigenvalue weighted by Crippen LogP contribution is -2.38. The number of unbranched alkanes of at least 4 members (excludes halogenated alkanes) is 1. The van der Waals surface area contributed by atoms with Crippen LogP contribution in [0.1, 0.15) is 31.9 Å². The summed E-state index contributed by atoms with van der Waals surface area (Å²) >= 11 is 0.976. The Balaban J connectivity index is 1.83. The van der Waals surface area contributed by atoms with Gasteiger partial charge < -0.3 is 19.5 Å². The third kappa shape index (κ3) is 6.60. The van der Waals surface area contributed by atoms with Crippen LogP contribution >= 0.6 is 11.8 Å². The van der Waals surface area contributed by atoms with Gasteiger partial charge in [-0.25, -0.2) is 0 Å². The van der Waals surface area contributed by atoms with Crippen LogP contribution < -0.4 is 10.2 Å². The normalized spacial score (nSPS) is 15.8. The molecule has 31 heavy (non-hydrogen) atoms. The third-order valence-electron chi connectivity index (χ3n) is 4.57. The number of anilines is 2. The molecule has 0 spiro atoms. The van der Waals surface area contributed by atoms with Gasteiger partial charge in [0, 0.05) is 19.2 Å². The van der Waals surface area contributed by atoms with Crippen LogP contribution in [0.4, 0.5) is 24.9 Å². The number of hydrogen-bond acceptors (Lipinski definition) is 8. The number of hydrogen-bond donors (Lipinski definition) is 1. The number of nitrogens with zero attached hydrogens (tertiary/aromatic N) is 5. The summed E-state index contributed by atoms with van der Waals surface area (Å²) < 4.78 is 51.2. The Morgan fingerprint density at radius 2 is 2.06 bits per heavy atom. The van der Waals surface area contributed by atoms with Crippen LogP contribution in [-0.2, 0) is 16.1 Å². The number of halogens is 3. The average molecular weight is 462 g/mol. The van der Waals surface area contributed by atoms with E-state index in [1.54, 1.807) is 17.9 Å². The number of aryl methyl sites for hydroxylation is 1. The molecule has 1 atom stereocenters. The Kier molecular flexibility index (Phi) is 7.81. The second-order valence-electron chi connectivity index (χ2n) is 7.14. The topological polar surface area (TPSA) is 98.3 Å². The molecule has 0 aromatic carbocycles. The monoisotopic (exact) mass is 462 g/mol. The molecule has 0 saturated carbocycles. The third-order valence-corrected chi connectivity index (χ3v) is 5.81. The van der Waals surface area contributed by atoms with Crippen molar-refractivity contribution < 1.29 is 27.2 Å². The number of rotatable bonds is 9. The molecule has 0 aliphatic carbocycles. The number of amides is 1. The molecule has 1 N–H and O–H groups in total. The largest absolute Gasteiger partial charge is 0.406 e. The van der Waals surface area contributed by atoms with E-state index in [0.29, 0.717) is 38.5 Å². The second-order valence-corrected chi connectivity index (χ2v) is 8.31. The molecule has 1 aliphatic heterocycles. The van der Waals surface area contributed by atoms with Gasteiger partial charge in [0.2, 0.25) is 11.9 Å². The van der Waals surface area contributed by atoms with Gasteiger partial charge in [-0.15, -0.1) is 10.2 Å². The lowest BCUT2D eigenvalue weighted by molar-refractivity contribution is -0.141. The first-order valence-electron chi connectivity index (χ1n) is 10.0. The summed E-state index contributed by atoms with van der Waals surface area (Å²) in [6.07, 6.45) is -2.43. The predicted octanol–water partition coefficient (Wildman–Crippen LogP) is 3.26. The molecule has 0 radical (unpaired) electrons. The minimum atomic E-state index is -4.46. The molecule has 1 aliphatic rings. The van der Waals surface area contributed by atoms with E-state index < -0.39 is 18.0 Å². The SMILES string of the molecule is CCCCC(Sc1nnc(N2CCOCC2)n1CC(F)(F)F)C(=O)Nc1cc(C)on1. The number of morpholine rings is 1. The first kappa shape index (κ1) is 23.4. The van der Waals surface area contributed by atoms with Crippen LogP contribution in [-0.4, -0.2) is 63.6 Å². The quantitative estimate of drug-likeness (QED) is 0.567. The number of carbonyl (C=O) groups excluding carboxylic acids is 1. The summed E-state index contributed by atoms with van der Waals surface area (Å²) in [6.45, 7) is 4.08. The van der Waals surface area contributed by atoms with E-state index in [0.717, 1.165) is 29.2 Å². The molecule has 1 amide bonds. The second kappa shape index (κ2) is 10.4. The highest BCUT2D eigenvalue weighted by Gasteiger charge is 2.34. The molecule has 3 heterocycles. The molecule has 1 fully saturated rings. The van der Waals surface area contributed by atoms with E-state index in [-0.39, 0.29) is 22.8 Å². The van der Waals surface area contributed by atoms with Gasteiger partial charge in [0.1, 0.15) is 12.3 Å². The van der Waals surface area contributed by atoms with Crippen LogP contribution in [0.25, 0.3) is 0 Å². The zero-order valence-corrected chi connectivity index (χ0v) is 18.1. The molecule has 1 unspecified atom stereocenters. The van der Waals surface area contributed by atoms with Crippen LogP contribution in [0, 0.1) is 6.92 Å². The van der Waals surface area contributed by atoms with Crippen LogP contribution in [0.3, 0.4) is 0 Å². The minimum absolute atomic E-state index is 0.0476. The van der Waals surface area contributed by atoms with Gasteiger partial charge in [0.25, 0.3) is 0 Å². The maximum atomic E-state index is 13.3. The Labute approximate surface area is 181 Å². The van der Waals surface area contributed by atoms with Crippen LogP contribution in [0.15, 0.2) is 15.7 Å². The van der Waals surface area contributed by atoms with Crippen molar-refractivity contribution in [1.82, 2.24) is 19.9 Å². The zero-order valence-electron chi connectivity index (χ0n) is 17.3. The standard InChI is InChI=1S/C18H25F3N6O3S/c1-3-4-5-13(15(28)22-14-10-12(2)30-25-14)31-17-24-23-16(26-6-8-29-9-7-26)27(17)11-18(19,20)21/h10,13H,3-9,11H2,1-2H3,(H,22,25,28). The first-order chi connectivity index (χ1) is 14.8. The first-order valence-corrected chi connectivity index (χ1v) is 10.9. The number of aromatic nitrogens is 4. The van der Waals surface area contributed by atoms with Crippen molar-refractivity contribution in [3.8, 4) is 0 Å². The molecular formula is C18H25F3N6O3S. The van der Waals surface area contributed by atoms with Gasteiger partial charge >= 0.3 is 6.18 Å². The fourth-order valence-corrected chi connectivity index (χ4v) is 4.14. The number of thioether (sulfide) groups is 1. The van der Waals surface area contributed by atoms with E-state index in [1.165, 1.54) is 0 Å². The smallest absolute Gasteiger partial charge is 0.378 e. The Morgan fingerprint density at radius 3 is 2.68 bits per heavy atom. The molecule has 2 aromatic rings. The molecule has 1 saturated heterocycles. The predicted molar refractivity (Wildman–Crippen MR) is 108 cm³/mol. The summed E-state index contributed by atoms with van der Waals surface area (Å²) in [6, 6.07) is 1.57. The van der Waals surface area contributed by atoms with Gasteiger partial charge in [-0.3, -0.25) is 9.36 Å². The van der Waals surface area contributed by atoms with Crippen LogP contribution in [0.5, 0.6) is 0 Å². The van der Waals surface area contributed by atoms with Crippen molar-refractivity contribution in [2.24, 2.45) is 0 Å². The average Bonchev–Trinajstić information content (AvgIpc) is 3.30.